The maximum absolute atomic E-state index is 13.8. The molecule has 0 radical (unpaired) electrons. The van der Waals surface area contributed by atoms with Gasteiger partial charge in [-0.2, -0.15) is 5.10 Å². The van der Waals surface area contributed by atoms with E-state index in [-0.39, 0.29) is 27.3 Å². The summed E-state index contributed by atoms with van der Waals surface area (Å²) in [6.07, 6.45) is 1.08. The largest absolute Gasteiger partial charge is 0.329 e. The molecular formula is C20H20ClF4N5O2. The van der Waals surface area contributed by atoms with Crippen LogP contribution in [0.25, 0.3) is 22.3 Å². The molecule has 1 fully saturated rings. The van der Waals surface area contributed by atoms with Crippen LogP contribution in [0, 0.1) is 0 Å². The summed E-state index contributed by atoms with van der Waals surface area (Å²) < 4.78 is 54.5. The molecule has 12 heteroatoms. The fourth-order valence-corrected chi connectivity index (χ4v) is 3.51. The van der Waals surface area contributed by atoms with Gasteiger partial charge in [0.25, 0.3) is 17.4 Å². The molecule has 32 heavy (non-hydrogen) atoms. The molecule has 0 saturated carbocycles. The standard InChI is InChI=1S/C18H14ClF4N5O2.C2H6/c1-17(20,21)10-4-9(2-3-11(10)19)14-13-15(26-25-14)24-8-27(16(13)30)5-12(29)28-6-18(22,23)7-28;1-2/h2-4,8H,5-7H2,1H3,(H,25,26);1-2H3. The van der Waals surface area contributed by atoms with Crippen molar-refractivity contribution in [2.75, 3.05) is 13.1 Å². The molecule has 0 atom stereocenters. The number of carbonyl (C=O) groups is 1. The Balaban J connectivity index is 0.00000141. The molecule has 1 aliphatic heterocycles. The van der Waals surface area contributed by atoms with Crippen molar-refractivity contribution in [1.29, 1.82) is 0 Å². The van der Waals surface area contributed by atoms with Gasteiger partial charge in [0.2, 0.25) is 5.91 Å². The molecule has 1 N–H and O–H groups in total. The molecule has 7 nitrogen and oxygen atoms in total. The zero-order chi connectivity index (χ0) is 23.8. The number of hydrogen-bond donors (Lipinski definition) is 1. The molecule has 4 rings (SSSR count). The molecule has 0 spiro atoms. The number of rotatable bonds is 4. The van der Waals surface area contributed by atoms with E-state index in [2.05, 4.69) is 15.2 Å². The number of carbonyl (C=O) groups excluding carboxylic acids is 1. The number of nitrogens with one attached hydrogen (secondary N) is 1. The van der Waals surface area contributed by atoms with E-state index in [1.54, 1.807) is 0 Å². The minimum absolute atomic E-state index is 0.0214. The second-order valence-electron chi connectivity index (χ2n) is 7.16. The lowest BCUT2D eigenvalue weighted by atomic mass is 10.0. The Morgan fingerprint density at radius 2 is 1.94 bits per heavy atom. The van der Waals surface area contributed by atoms with E-state index in [4.69, 9.17) is 11.6 Å². The summed E-state index contributed by atoms with van der Waals surface area (Å²) in [6, 6.07) is 3.85. The predicted molar refractivity (Wildman–Crippen MR) is 111 cm³/mol. The van der Waals surface area contributed by atoms with Gasteiger partial charge in [0.05, 0.1) is 18.8 Å². The number of benzene rings is 1. The van der Waals surface area contributed by atoms with Crippen molar-refractivity contribution in [3.63, 3.8) is 0 Å². The molecule has 0 bridgehead atoms. The van der Waals surface area contributed by atoms with Crippen LogP contribution in [0.3, 0.4) is 0 Å². The summed E-state index contributed by atoms with van der Waals surface area (Å²) in [4.78, 5) is 30.0. The number of fused-ring (bicyclic) bond motifs is 1. The summed E-state index contributed by atoms with van der Waals surface area (Å²) in [7, 11) is 0. The quantitative estimate of drug-likeness (QED) is 0.579. The van der Waals surface area contributed by atoms with Crippen LogP contribution in [-0.4, -0.2) is 49.6 Å². The van der Waals surface area contributed by atoms with Crippen molar-refractivity contribution >= 4 is 28.5 Å². The van der Waals surface area contributed by atoms with Gasteiger partial charge in [0.1, 0.15) is 18.3 Å². The van der Waals surface area contributed by atoms with Gasteiger partial charge in [0.15, 0.2) is 5.65 Å². The summed E-state index contributed by atoms with van der Waals surface area (Å²) in [5.41, 5.74) is -0.716. The Morgan fingerprint density at radius 3 is 2.53 bits per heavy atom. The molecule has 0 unspecified atom stereocenters. The molecular weight excluding hydrogens is 454 g/mol. The number of halogens is 5. The Kier molecular flexibility index (Phi) is 6.32. The first-order valence-electron chi connectivity index (χ1n) is 9.73. The van der Waals surface area contributed by atoms with Crippen LogP contribution in [0.1, 0.15) is 26.3 Å². The van der Waals surface area contributed by atoms with Gasteiger partial charge in [-0.05, 0) is 12.1 Å². The summed E-state index contributed by atoms with van der Waals surface area (Å²) in [5, 5.41) is 6.35. The van der Waals surface area contributed by atoms with E-state index in [9.17, 15) is 27.2 Å². The third kappa shape index (κ3) is 4.47. The highest BCUT2D eigenvalue weighted by molar-refractivity contribution is 6.31. The minimum atomic E-state index is -3.22. The third-order valence-electron chi connectivity index (χ3n) is 4.77. The Bertz CT molecular complexity index is 1210. The van der Waals surface area contributed by atoms with Crippen molar-refractivity contribution in [1.82, 2.24) is 24.6 Å². The van der Waals surface area contributed by atoms with Gasteiger partial charge < -0.3 is 4.90 Å². The first kappa shape index (κ1) is 23.7. The first-order chi connectivity index (χ1) is 15.0. The highest BCUT2D eigenvalue weighted by Crippen LogP contribution is 2.36. The van der Waals surface area contributed by atoms with Gasteiger partial charge in [-0.15, -0.1) is 0 Å². The Hall–Kier alpha value is -2.95. The van der Waals surface area contributed by atoms with Crippen LogP contribution in [0.15, 0.2) is 29.3 Å². The number of H-pyrrole nitrogens is 1. The van der Waals surface area contributed by atoms with Crippen LogP contribution in [0.5, 0.6) is 0 Å². The lowest BCUT2D eigenvalue weighted by Crippen LogP contribution is -2.59. The van der Waals surface area contributed by atoms with Gasteiger partial charge >= 0.3 is 0 Å². The van der Waals surface area contributed by atoms with E-state index in [1.165, 1.54) is 12.1 Å². The van der Waals surface area contributed by atoms with E-state index in [0.717, 1.165) is 21.9 Å². The number of aromatic nitrogens is 4. The normalized spacial score (nSPS) is 15.2. The molecule has 3 heterocycles. The Morgan fingerprint density at radius 1 is 1.28 bits per heavy atom. The number of aromatic amines is 1. The van der Waals surface area contributed by atoms with Crippen LogP contribution in [-0.2, 0) is 17.3 Å². The average Bonchev–Trinajstić information content (AvgIpc) is 3.14. The smallest absolute Gasteiger partial charge is 0.282 e. The zero-order valence-corrected chi connectivity index (χ0v) is 18.2. The highest BCUT2D eigenvalue weighted by atomic mass is 35.5. The van der Waals surface area contributed by atoms with Gasteiger partial charge in [-0.1, -0.05) is 31.5 Å². The van der Waals surface area contributed by atoms with Gasteiger partial charge in [-0.3, -0.25) is 19.3 Å². The van der Waals surface area contributed by atoms with Gasteiger partial charge in [-0.25, -0.2) is 22.5 Å². The predicted octanol–water partition coefficient (Wildman–Crippen LogP) is 4.06. The maximum Gasteiger partial charge on any atom is 0.282 e. The van der Waals surface area contributed by atoms with E-state index >= 15 is 0 Å². The summed E-state index contributed by atoms with van der Waals surface area (Å²) in [5.74, 6) is -6.80. The number of alkyl halides is 4. The van der Waals surface area contributed by atoms with Crippen LogP contribution in [0.2, 0.25) is 5.02 Å². The lowest BCUT2D eigenvalue weighted by Gasteiger charge is -2.38. The van der Waals surface area contributed by atoms with E-state index in [0.29, 0.717) is 6.92 Å². The van der Waals surface area contributed by atoms with Crippen molar-refractivity contribution in [2.24, 2.45) is 0 Å². The van der Waals surface area contributed by atoms with Gasteiger partial charge in [0, 0.05) is 23.1 Å². The van der Waals surface area contributed by atoms with Crippen LogP contribution >= 0.6 is 11.6 Å². The lowest BCUT2D eigenvalue weighted by molar-refractivity contribution is -0.166. The van der Waals surface area contributed by atoms with E-state index in [1.807, 2.05) is 13.8 Å². The number of hydrogen-bond acceptors (Lipinski definition) is 4. The molecule has 1 aliphatic rings. The number of likely N-dealkylation sites (tertiary alicyclic amines) is 1. The second-order valence-corrected chi connectivity index (χ2v) is 7.57. The minimum Gasteiger partial charge on any atom is -0.329 e. The molecule has 1 amide bonds. The fourth-order valence-electron chi connectivity index (χ4n) is 3.22. The molecule has 2 aromatic heterocycles. The van der Waals surface area contributed by atoms with Crippen LogP contribution in [0.4, 0.5) is 17.6 Å². The monoisotopic (exact) mass is 473 g/mol. The van der Waals surface area contributed by atoms with Crippen LogP contribution < -0.4 is 5.56 Å². The van der Waals surface area contributed by atoms with Crippen molar-refractivity contribution in [3.05, 3.63) is 45.5 Å². The van der Waals surface area contributed by atoms with Crippen molar-refractivity contribution in [2.45, 2.75) is 39.2 Å². The average molecular weight is 474 g/mol. The third-order valence-corrected chi connectivity index (χ3v) is 5.10. The first-order valence-corrected chi connectivity index (χ1v) is 10.1. The Labute approximate surface area is 185 Å². The molecule has 3 aromatic rings. The topological polar surface area (TPSA) is 83.9 Å². The van der Waals surface area contributed by atoms with Crippen molar-refractivity contribution in [3.8, 4) is 11.3 Å². The molecule has 1 aromatic carbocycles. The highest BCUT2D eigenvalue weighted by Gasteiger charge is 2.46. The summed E-state index contributed by atoms with van der Waals surface area (Å²) >= 11 is 5.86. The molecule has 1 saturated heterocycles. The SMILES string of the molecule is CC.CC(F)(F)c1cc(-c2[nH]nc3ncn(CC(=O)N4CC(F)(F)C4)c(=O)c23)ccc1Cl. The summed E-state index contributed by atoms with van der Waals surface area (Å²) in [6.45, 7) is 2.81. The number of nitrogens with zero attached hydrogens (tertiary/aromatic N) is 4. The second kappa shape index (κ2) is 8.53. The molecule has 0 aliphatic carbocycles. The zero-order valence-electron chi connectivity index (χ0n) is 17.4. The maximum atomic E-state index is 13.8. The number of amides is 1. The van der Waals surface area contributed by atoms with E-state index < -0.39 is 48.5 Å². The fraction of sp³-hybridized carbons (Fsp3) is 0.400. The van der Waals surface area contributed by atoms with Crippen molar-refractivity contribution < 1.29 is 22.4 Å². The molecule has 172 valence electrons.